The van der Waals surface area contributed by atoms with Gasteiger partial charge in [-0.15, -0.1) is 0 Å². The van der Waals surface area contributed by atoms with Crippen molar-refractivity contribution in [2.24, 2.45) is 5.10 Å². The predicted molar refractivity (Wildman–Crippen MR) is 95.3 cm³/mol. The molecule has 2 aliphatic rings. The van der Waals surface area contributed by atoms with Gasteiger partial charge < -0.3 is 0 Å². The summed E-state index contributed by atoms with van der Waals surface area (Å²) in [5.41, 5.74) is 1.80. The lowest BCUT2D eigenvalue weighted by atomic mass is 9.99. The summed E-state index contributed by atoms with van der Waals surface area (Å²) >= 11 is 0. The maximum atomic E-state index is 12.9. The molecule has 1 unspecified atom stereocenters. The van der Waals surface area contributed by atoms with E-state index in [0.717, 1.165) is 23.4 Å². The molecule has 0 bridgehead atoms. The molecule has 146 valence electrons. The molecule has 0 spiro atoms. The van der Waals surface area contributed by atoms with E-state index in [1.807, 2.05) is 11.9 Å². The summed E-state index contributed by atoms with van der Waals surface area (Å²) in [4.78, 5) is 22.8. The first kappa shape index (κ1) is 18.3. The minimum Gasteiger partial charge on any atom is -0.297 e. The molecule has 0 saturated heterocycles. The molecule has 1 atom stereocenters. The van der Waals surface area contributed by atoms with E-state index in [2.05, 4.69) is 14.9 Å². The van der Waals surface area contributed by atoms with E-state index in [1.165, 1.54) is 19.2 Å². The van der Waals surface area contributed by atoms with Crippen LogP contribution in [0, 0.1) is 0 Å². The largest absolute Gasteiger partial charge is 0.416 e. The third-order valence-corrected chi connectivity index (χ3v) is 4.75. The minimum atomic E-state index is -4.40. The lowest BCUT2D eigenvalue weighted by Crippen LogP contribution is -2.22. The summed E-state index contributed by atoms with van der Waals surface area (Å²) in [6.45, 7) is 0.599. The normalized spacial score (nSPS) is 18.0. The molecule has 2 aromatic carbocycles. The summed E-state index contributed by atoms with van der Waals surface area (Å²) in [5.74, 6) is -0.0183. The third-order valence-electron chi connectivity index (χ3n) is 4.75. The summed E-state index contributed by atoms with van der Waals surface area (Å²) < 4.78 is 38.7. The van der Waals surface area contributed by atoms with Gasteiger partial charge in [-0.1, -0.05) is 0 Å². The number of amidine groups is 1. The minimum absolute atomic E-state index is 0.0995. The molecule has 2 aromatic rings. The second kappa shape index (κ2) is 6.52. The van der Waals surface area contributed by atoms with Crippen molar-refractivity contribution in [1.82, 2.24) is 5.01 Å². The lowest BCUT2D eigenvalue weighted by Gasteiger charge is -2.21. The fraction of sp³-hybridized carbons (Fsp3) is 0.263. The zero-order chi connectivity index (χ0) is 20.1. The maximum Gasteiger partial charge on any atom is 0.416 e. The molecule has 9 heteroatoms. The van der Waals surface area contributed by atoms with Gasteiger partial charge >= 0.3 is 12.1 Å². The van der Waals surface area contributed by atoms with Crippen LogP contribution in [0.25, 0.3) is 0 Å². The van der Waals surface area contributed by atoms with Gasteiger partial charge in [-0.05, 0) is 48.0 Å². The van der Waals surface area contributed by atoms with Crippen molar-refractivity contribution in [3.05, 3.63) is 59.2 Å². The number of benzene rings is 2. The van der Waals surface area contributed by atoms with Gasteiger partial charge in [0, 0.05) is 19.3 Å². The Kier molecular flexibility index (Phi) is 4.26. The Bertz CT molecular complexity index is 957. The summed E-state index contributed by atoms with van der Waals surface area (Å²) in [6, 6.07) is 9.96. The predicted octanol–water partition coefficient (Wildman–Crippen LogP) is 3.92. The van der Waals surface area contributed by atoms with E-state index in [0.29, 0.717) is 23.6 Å². The first-order chi connectivity index (χ1) is 13.3. The van der Waals surface area contributed by atoms with Crippen LogP contribution in [0.3, 0.4) is 0 Å². The molecule has 2 aliphatic heterocycles. The van der Waals surface area contributed by atoms with Crippen LogP contribution in [-0.4, -0.2) is 37.5 Å². The molecule has 0 aliphatic carbocycles. The number of halogens is 3. The van der Waals surface area contributed by atoms with Gasteiger partial charge in [-0.2, -0.15) is 23.2 Å². The molecule has 0 saturated carbocycles. The highest BCUT2D eigenvalue weighted by Crippen LogP contribution is 2.46. The monoisotopic (exact) mass is 391 g/mol. The number of hydrogen-bond acceptors (Lipinski definition) is 6. The van der Waals surface area contributed by atoms with E-state index in [9.17, 15) is 18.0 Å². The standard InChI is InChI=1S/C19H16F3N3O3/c1-24-10-15-14-9-11(18(26)28-27-2)3-8-16(14)25(17(15)23-24)13-6-4-12(5-7-13)19(20,21)22/h3-9,15H,10H2,1-2H3. The topological polar surface area (TPSA) is 54.4 Å². The number of rotatable bonds is 3. The van der Waals surface area contributed by atoms with Crippen molar-refractivity contribution in [3.63, 3.8) is 0 Å². The number of fused-ring (bicyclic) bond motifs is 3. The number of likely N-dealkylation sites (N-methyl/N-ethyl adjacent to an activating group) is 1. The van der Waals surface area contributed by atoms with Gasteiger partial charge in [0.25, 0.3) is 0 Å². The number of hydrogen-bond donors (Lipinski definition) is 0. The molecule has 6 nitrogen and oxygen atoms in total. The quantitative estimate of drug-likeness (QED) is 0.587. The highest BCUT2D eigenvalue weighted by Gasteiger charge is 2.41. The molecular weight excluding hydrogens is 375 g/mol. The lowest BCUT2D eigenvalue weighted by molar-refractivity contribution is -0.216. The van der Waals surface area contributed by atoms with E-state index in [4.69, 9.17) is 0 Å². The van der Waals surface area contributed by atoms with Gasteiger partial charge in [0.15, 0.2) is 0 Å². The third kappa shape index (κ3) is 2.97. The van der Waals surface area contributed by atoms with Gasteiger partial charge in [-0.3, -0.25) is 14.8 Å². The highest BCUT2D eigenvalue weighted by molar-refractivity contribution is 6.14. The molecule has 4 rings (SSSR count). The van der Waals surface area contributed by atoms with Crippen LogP contribution in [0.5, 0.6) is 0 Å². The Balaban J connectivity index is 1.77. The second-order valence-corrected chi connectivity index (χ2v) is 6.54. The van der Waals surface area contributed by atoms with Crippen LogP contribution < -0.4 is 4.90 Å². The number of nitrogens with zero attached hydrogens (tertiary/aromatic N) is 3. The van der Waals surface area contributed by atoms with E-state index < -0.39 is 17.7 Å². The smallest absolute Gasteiger partial charge is 0.297 e. The van der Waals surface area contributed by atoms with Crippen molar-refractivity contribution in [2.45, 2.75) is 12.1 Å². The van der Waals surface area contributed by atoms with Crippen LogP contribution in [0.2, 0.25) is 0 Å². The van der Waals surface area contributed by atoms with E-state index in [-0.39, 0.29) is 5.92 Å². The van der Waals surface area contributed by atoms with Crippen LogP contribution in [0.1, 0.15) is 27.4 Å². The molecule has 0 fully saturated rings. The van der Waals surface area contributed by atoms with Crippen LogP contribution in [-0.2, 0) is 16.0 Å². The Labute approximate surface area is 158 Å². The Morgan fingerprint density at radius 1 is 1.18 bits per heavy atom. The average molecular weight is 391 g/mol. The zero-order valence-corrected chi connectivity index (χ0v) is 15.0. The fourth-order valence-electron chi connectivity index (χ4n) is 3.55. The number of anilines is 2. The van der Waals surface area contributed by atoms with Crippen LogP contribution in [0.4, 0.5) is 24.5 Å². The molecule has 28 heavy (non-hydrogen) atoms. The molecular formula is C19H16F3N3O3. The Hall–Kier alpha value is -3.07. The van der Waals surface area contributed by atoms with Gasteiger partial charge in [-0.25, -0.2) is 4.79 Å². The second-order valence-electron chi connectivity index (χ2n) is 6.54. The summed E-state index contributed by atoms with van der Waals surface area (Å²) in [5, 5.41) is 6.28. The van der Waals surface area contributed by atoms with Gasteiger partial charge in [0.1, 0.15) is 5.84 Å². The maximum absolute atomic E-state index is 12.9. The summed E-state index contributed by atoms with van der Waals surface area (Å²) in [7, 11) is 3.06. The van der Waals surface area contributed by atoms with Gasteiger partial charge in [0.2, 0.25) is 0 Å². The number of carbonyl (C=O) groups excluding carboxylic acids is 1. The molecule has 0 amide bonds. The highest BCUT2D eigenvalue weighted by atomic mass is 19.4. The van der Waals surface area contributed by atoms with Crippen molar-refractivity contribution in [3.8, 4) is 0 Å². The van der Waals surface area contributed by atoms with Gasteiger partial charge in [0.05, 0.1) is 29.8 Å². The van der Waals surface area contributed by atoms with Crippen LogP contribution in [0.15, 0.2) is 47.6 Å². The number of carbonyl (C=O) groups is 1. The zero-order valence-electron chi connectivity index (χ0n) is 15.0. The number of alkyl halides is 3. The van der Waals surface area contributed by atoms with Crippen molar-refractivity contribution >= 4 is 23.2 Å². The molecule has 0 N–H and O–H groups in total. The first-order valence-electron chi connectivity index (χ1n) is 8.45. The molecule has 0 radical (unpaired) electrons. The Morgan fingerprint density at radius 2 is 1.89 bits per heavy atom. The van der Waals surface area contributed by atoms with Crippen molar-refractivity contribution in [2.75, 3.05) is 25.6 Å². The number of hydrazone groups is 1. The average Bonchev–Trinajstić information content (AvgIpc) is 3.15. The van der Waals surface area contributed by atoms with E-state index in [1.54, 1.807) is 23.2 Å². The Morgan fingerprint density at radius 3 is 2.54 bits per heavy atom. The first-order valence-corrected chi connectivity index (χ1v) is 8.45. The molecule has 2 heterocycles. The van der Waals surface area contributed by atoms with Crippen LogP contribution >= 0.6 is 0 Å². The van der Waals surface area contributed by atoms with E-state index >= 15 is 0 Å². The molecule has 0 aromatic heterocycles. The van der Waals surface area contributed by atoms with Crippen molar-refractivity contribution in [1.29, 1.82) is 0 Å². The van der Waals surface area contributed by atoms with Crippen molar-refractivity contribution < 1.29 is 27.7 Å². The summed E-state index contributed by atoms with van der Waals surface area (Å²) in [6.07, 6.45) is -4.40. The SMILES string of the molecule is COOC(=O)c1ccc2c(c1)C1CN(C)N=C1N2c1ccc(C(F)(F)F)cc1. The fourth-order valence-corrected chi connectivity index (χ4v) is 3.55.